The smallest absolute Gasteiger partial charge is 0.0412 e. The summed E-state index contributed by atoms with van der Waals surface area (Å²) in [6, 6.07) is 9.60. The van der Waals surface area contributed by atoms with Crippen LogP contribution in [-0.4, -0.2) is 68.2 Å². The van der Waals surface area contributed by atoms with Gasteiger partial charge in [-0.2, -0.15) is 0 Å². The van der Waals surface area contributed by atoms with Crippen LogP contribution in [0.4, 0.5) is 5.69 Å². The molecule has 3 rings (SSSR count). The third-order valence-corrected chi connectivity index (χ3v) is 5.00. The average molecular weight is 339 g/mol. The number of nitrogens with one attached hydrogen (secondary N) is 1. The van der Waals surface area contributed by atoms with Crippen molar-refractivity contribution in [3.8, 4) is 0 Å². The summed E-state index contributed by atoms with van der Waals surface area (Å²) in [4.78, 5) is 7.70. The topological polar surface area (TPSA) is 21.8 Å². The highest BCUT2D eigenvalue weighted by atomic mass is 35.5. The number of nitrogens with zero attached hydrogens (tertiary/aromatic N) is 3. The van der Waals surface area contributed by atoms with Gasteiger partial charge in [-0.05, 0) is 25.1 Å². The van der Waals surface area contributed by atoms with E-state index in [0.717, 1.165) is 39.3 Å². The third-order valence-electron chi connectivity index (χ3n) is 5.00. The lowest BCUT2D eigenvalue weighted by molar-refractivity contribution is 0.199. The molecule has 0 aliphatic carbocycles. The van der Waals surface area contributed by atoms with Crippen molar-refractivity contribution < 1.29 is 0 Å². The van der Waals surface area contributed by atoms with Gasteiger partial charge in [0.15, 0.2) is 0 Å². The highest BCUT2D eigenvalue weighted by Crippen LogP contribution is 2.23. The molecule has 5 heteroatoms. The number of benzene rings is 1. The van der Waals surface area contributed by atoms with E-state index >= 15 is 0 Å². The molecule has 1 aromatic carbocycles. The SMILES string of the molecule is CCN1CCN(c2ccccc2CN2CCN[C@H](C)C2)CC1.Cl. The predicted molar refractivity (Wildman–Crippen MR) is 101 cm³/mol. The van der Waals surface area contributed by atoms with Gasteiger partial charge in [0.05, 0.1) is 0 Å². The lowest BCUT2D eigenvalue weighted by Crippen LogP contribution is -2.49. The maximum absolute atomic E-state index is 3.53. The van der Waals surface area contributed by atoms with Gasteiger partial charge in [-0.15, -0.1) is 12.4 Å². The van der Waals surface area contributed by atoms with Crippen LogP contribution in [0.2, 0.25) is 0 Å². The van der Waals surface area contributed by atoms with Crippen molar-refractivity contribution in [3.63, 3.8) is 0 Å². The molecule has 23 heavy (non-hydrogen) atoms. The zero-order valence-corrected chi connectivity index (χ0v) is 15.3. The summed E-state index contributed by atoms with van der Waals surface area (Å²) in [6.07, 6.45) is 0. The Morgan fingerprint density at radius 2 is 1.78 bits per heavy atom. The predicted octanol–water partition coefficient (Wildman–Crippen LogP) is 2.04. The number of para-hydroxylation sites is 1. The molecule has 4 nitrogen and oxygen atoms in total. The number of likely N-dealkylation sites (N-methyl/N-ethyl adjacent to an activating group) is 1. The summed E-state index contributed by atoms with van der Waals surface area (Å²) >= 11 is 0. The quantitative estimate of drug-likeness (QED) is 0.907. The van der Waals surface area contributed by atoms with E-state index in [1.54, 1.807) is 0 Å². The van der Waals surface area contributed by atoms with E-state index in [1.807, 2.05) is 0 Å². The lowest BCUT2D eigenvalue weighted by atomic mass is 10.1. The first-order valence-electron chi connectivity index (χ1n) is 8.77. The van der Waals surface area contributed by atoms with Gasteiger partial charge in [-0.1, -0.05) is 25.1 Å². The van der Waals surface area contributed by atoms with Crippen LogP contribution in [0.15, 0.2) is 24.3 Å². The van der Waals surface area contributed by atoms with Crippen LogP contribution in [0.25, 0.3) is 0 Å². The molecule has 2 saturated heterocycles. The first kappa shape index (κ1) is 18.5. The van der Waals surface area contributed by atoms with Crippen molar-refractivity contribution >= 4 is 18.1 Å². The van der Waals surface area contributed by atoms with Crippen LogP contribution in [0.3, 0.4) is 0 Å². The molecule has 1 aromatic rings. The molecule has 0 saturated carbocycles. The van der Waals surface area contributed by atoms with Crippen molar-refractivity contribution in [2.45, 2.75) is 26.4 Å². The maximum atomic E-state index is 3.53. The van der Waals surface area contributed by atoms with Gasteiger partial charge in [0.25, 0.3) is 0 Å². The summed E-state index contributed by atoms with van der Waals surface area (Å²) in [7, 11) is 0. The summed E-state index contributed by atoms with van der Waals surface area (Å²) in [5, 5.41) is 3.53. The van der Waals surface area contributed by atoms with Gasteiger partial charge in [0.2, 0.25) is 0 Å². The minimum Gasteiger partial charge on any atom is -0.369 e. The van der Waals surface area contributed by atoms with E-state index in [4.69, 9.17) is 0 Å². The summed E-state index contributed by atoms with van der Waals surface area (Å²) in [6.45, 7) is 14.9. The molecule has 0 radical (unpaired) electrons. The van der Waals surface area contributed by atoms with Crippen LogP contribution in [0, 0.1) is 0 Å². The molecule has 1 N–H and O–H groups in total. The zero-order chi connectivity index (χ0) is 15.4. The Bertz CT molecular complexity index is 474. The molecule has 2 fully saturated rings. The Kier molecular flexibility index (Phi) is 7.15. The molecule has 1 atom stereocenters. The van der Waals surface area contributed by atoms with E-state index in [2.05, 4.69) is 58.1 Å². The van der Waals surface area contributed by atoms with Gasteiger partial charge in [-0.3, -0.25) is 4.90 Å². The van der Waals surface area contributed by atoms with E-state index < -0.39 is 0 Å². The fraction of sp³-hybridized carbons (Fsp3) is 0.667. The summed E-state index contributed by atoms with van der Waals surface area (Å²) < 4.78 is 0. The first-order chi connectivity index (χ1) is 10.8. The highest BCUT2D eigenvalue weighted by molar-refractivity contribution is 5.85. The Labute approximate surface area is 147 Å². The molecule has 2 aliphatic rings. The van der Waals surface area contributed by atoms with Crippen LogP contribution in [0.1, 0.15) is 19.4 Å². The molecule has 0 unspecified atom stereocenters. The minimum atomic E-state index is 0. The van der Waals surface area contributed by atoms with E-state index in [0.29, 0.717) is 6.04 Å². The van der Waals surface area contributed by atoms with Crippen molar-refractivity contribution in [2.24, 2.45) is 0 Å². The molecule has 0 amide bonds. The molecule has 2 heterocycles. The number of piperazine rings is 2. The second-order valence-electron chi connectivity index (χ2n) is 6.64. The molecule has 0 bridgehead atoms. The van der Waals surface area contributed by atoms with Crippen molar-refractivity contribution in [1.29, 1.82) is 0 Å². The zero-order valence-electron chi connectivity index (χ0n) is 14.5. The van der Waals surface area contributed by atoms with Crippen LogP contribution < -0.4 is 10.2 Å². The summed E-state index contributed by atoms with van der Waals surface area (Å²) in [5.74, 6) is 0. The van der Waals surface area contributed by atoms with Crippen molar-refractivity contribution in [3.05, 3.63) is 29.8 Å². The van der Waals surface area contributed by atoms with Gasteiger partial charge in [0, 0.05) is 64.1 Å². The second-order valence-corrected chi connectivity index (χ2v) is 6.64. The Hall–Kier alpha value is -0.810. The normalized spacial score (nSPS) is 23.6. The Morgan fingerprint density at radius 3 is 2.48 bits per heavy atom. The van der Waals surface area contributed by atoms with Gasteiger partial charge in [0.1, 0.15) is 0 Å². The average Bonchev–Trinajstić information content (AvgIpc) is 2.56. The molecule has 0 spiro atoms. The van der Waals surface area contributed by atoms with Gasteiger partial charge >= 0.3 is 0 Å². The Morgan fingerprint density at radius 1 is 1.04 bits per heavy atom. The van der Waals surface area contributed by atoms with Crippen LogP contribution >= 0.6 is 12.4 Å². The molecular weight excluding hydrogens is 308 g/mol. The highest BCUT2D eigenvalue weighted by Gasteiger charge is 2.20. The second kappa shape index (κ2) is 8.88. The molecule has 0 aromatic heterocycles. The Balaban J connectivity index is 0.00000192. The van der Waals surface area contributed by atoms with Crippen molar-refractivity contribution in [2.75, 3.05) is 57.3 Å². The first-order valence-corrected chi connectivity index (χ1v) is 8.77. The molecule has 2 aliphatic heterocycles. The largest absolute Gasteiger partial charge is 0.369 e. The number of hydrogen-bond acceptors (Lipinski definition) is 4. The fourth-order valence-corrected chi connectivity index (χ4v) is 3.65. The molecular formula is C18H31ClN4. The van der Waals surface area contributed by atoms with E-state index in [-0.39, 0.29) is 12.4 Å². The lowest BCUT2D eigenvalue weighted by Gasteiger charge is -2.37. The van der Waals surface area contributed by atoms with E-state index in [1.165, 1.54) is 30.9 Å². The van der Waals surface area contributed by atoms with Gasteiger partial charge in [-0.25, -0.2) is 0 Å². The number of halogens is 1. The maximum Gasteiger partial charge on any atom is 0.0412 e. The van der Waals surface area contributed by atoms with E-state index in [9.17, 15) is 0 Å². The van der Waals surface area contributed by atoms with Gasteiger partial charge < -0.3 is 15.1 Å². The number of rotatable bonds is 4. The minimum absolute atomic E-state index is 0. The standard InChI is InChI=1S/C18H30N4.ClH/c1-3-20-10-12-22(13-11-20)18-7-5-4-6-17(18)15-21-9-8-19-16(2)14-21;/h4-7,16,19H,3,8-15H2,1-2H3;1H/t16-;/m1./s1. The van der Waals surface area contributed by atoms with Crippen molar-refractivity contribution in [1.82, 2.24) is 15.1 Å². The molecule has 130 valence electrons. The van der Waals surface area contributed by atoms with Crippen LogP contribution in [-0.2, 0) is 6.54 Å². The summed E-state index contributed by atoms with van der Waals surface area (Å²) in [5.41, 5.74) is 2.94. The van der Waals surface area contributed by atoms with Crippen LogP contribution in [0.5, 0.6) is 0 Å². The number of anilines is 1. The fourth-order valence-electron chi connectivity index (χ4n) is 3.65. The number of hydrogen-bond donors (Lipinski definition) is 1. The third kappa shape index (κ3) is 4.83. The monoisotopic (exact) mass is 338 g/mol.